The molecule has 0 aliphatic rings. The maximum absolute atomic E-state index is 11.7. The van der Waals surface area contributed by atoms with Crippen LogP contribution in [0.3, 0.4) is 0 Å². The van der Waals surface area contributed by atoms with Crippen LogP contribution in [-0.2, 0) is 31.1 Å². The summed E-state index contributed by atoms with van der Waals surface area (Å²) in [6.45, 7) is 0.00157. The van der Waals surface area contributed by atoms with E-state index in [1.807, 2.05) is 30.3 Å². The predicted molar refractivity (Wildman–Crippen MR) is 187 cm³/mol. The van der Waals surface area contributed by atoms with Crippen molar-refractivity contribution in [3.8, 4) is 23.6 Å². The smallest absolute Gasteiger partial charge is 1.00 e. The molecule has 0 unspecified atom stereocenters. The van der Waals surface area contributed by atoms with Crippen LogP contribution in [0, 0.1) is 22.7 Å². The van der Waals surface area contributed by atoms with Gasteiger partial charge in [0.25, 0.3) is 6.47 Å². The summed E-state index contributed by atoms with van der Waals surface area (Å²) >= 11 is 9.78. The molecule has 51 heavy (non-hydrogen) atoms. The van der Waals surface area contributed by atoms with Gasteiger partial charge in [0.1, 0.15) is 30.2 Å². The Balaban J connectivity index is -0.000000322. The number of phenols is 1. The largest absolute Gasteiger partial charge is 1.00 e. The summed E-state index contributed by atoms with van der Waals surface area (Å²) in [7, 11) is 1.72. The molecule has 0 saturated heterocycles. The first-order valence-electron chi connectivity index (χ1n) is 13.9. The van der Waals surface area contributed by atoms with Crippen LogP contribution >= 0.6 is 47.8 Å². The minimum absolute atomic E-state index is 0. The third kappa shape index (κ3) is 21.1. The number of alkyl halides is 2. The van der Waals surface area contributed by atoms with Gasteiger partial charge in [0.2, 0.25) is 0 Å². The van der Waals surface area contributed by atoms with Gasteiger partial charge in [0, 0.05) is 19.8 Å². The number of nitrogens with zero attached hydrogens (tertiary/aromatic N) is 2. The molecule has 0 saturated carbocycles. The SMILES string of the molecule is COC(=O)c1ccccc1CBr.COC(=O)c1ccccc1COc1ccc(Br)cc1C#N.N#Cc1cc(Br)ccc1O.O=CO[O-].[2H]CF.[H-].[K+].[K+]. The van der Waals surface area contributed by atoms with Crippen LogP contribution in [0.5, 0.6) is 11.5 Å². The van der Waals surface area contributed by atoms with Gasteiger partial charge in [-0.25, -0.2) is 9.59 Å². The number of carbonyl (C=O) groups is 3. The Labute approximate surface area is 408 Å². The van der Waals surface area contributed by atoms with E-state index < -0.39 is 13.1 Å². The summed E-state index contributed by atoms with van der Waals surface area (Å²) < 4.78 is 32.1. The number of aromatic hydroxyl groups is 1. The molecule has 0 heterocycles. The van der Waals surface area contributed by atoms with Crippen LogP contribution in [0.15, 0.2) is 93.9 Å². The van der Waals surface area contributed by atoms with Gasteiger partial charge in [-0.05, 0) is 54.1 Å². The molecule has 1 N–H and O–H groups in total. The quantitative estimate of drug-likeness (QED) is 0.0704. The van der Waals surface area contributed by atoms with Gasteiger partial charge in [-0.1, -0.05) is 84.2 Å². The maximum Gasteiger partial charge on any atom is 1.00 e. The molecule has 0 aromatic heterocycles. The number of phenolic OH excluding ortho intramolecular Hbond substituents is 1. The maximum atomic E-state index is 11.7. The van der Waals surface area contributed by atoms with Crippen LogP contribution in [0.4, 0.5) is 4.39 Å². The molecule has 0 bridgehead atoms. The predicted octanol–water partition coefficient (Wildman–Crippen LogP) is 1.22. The van der Waals surface area contributed by atoms with E-state index in [1.54, 1.807) is 54.6 Å². The fourth-order valence-electron chi connectivity index (χ4n) is 3.37. The molecule has 0 amide bonds. The van der Waals surface area contributed by atoms with Crippen molar-refractivity contribution < 1.29 is 154 Å². The van der Waals surface area contributed by atoms with Crippen LogP contribution in [0.2, 0.25) is 0 Å². The zero-order valence-electron chi connectivity index (χ0n) is 29.9. The number of hydrogen-bond acceptors (Lipinski definition) is 11. The van der Waals surface area contributed by atoms with Crippen LogP contribution in [0.25, 0.3) is 0 Å². The van der Waals surface area contributed by atoms with Gasteiger partial charge in [-0.15, -0.1) is 0 Å². The van der Waals surface area contributed by atoms with Gasteiger partial charge >= 0.3 is 115 Å². The van der Waals surface area contributed by atoms with E-state index in [4.69, 9.17) is 36.5 Å². The number of esters is 2. The minimum Gasteiger partial charge on any atom is -1.00 e. The molecule has 4 rings (SSSR count). The topological polar surface area (TPSA) is 179 Å². The molecule has 0 radical (unpaired) electrons. The first-order valence-corrected chi connectivity index (χ1v) is 15.9. The van der Waals surface area contributed by atoms with E-state index in [0.29, 0.717) is 33.3 Å². The van der Waals surface area contributed by atoms with Crippen LogP contribution in [0.1, 0.15) is 45.8 Å². The molecular formula is C34H30Br3FK2N2O9. The number of nitriles is 2. The summed E-state index contributed by atoms with van der Waals surface area (Å²) in [6.07, 6.45) is 0. The molecule has 0 atom stereocenters. The van der Waals surface area contributed by atoms with Gasteiger partial charge < -0.3 is 30.9 Å². The first kappa shape index (κ1) is 51.6. The fraction of sp³-hybridized carbons (Fsp3) is 0.147. The van der Waals surface area contributed by atoms with Crippen molar-refractivity contribution in [3.05, 3.63) is 127 Å². The Morgan fingerprint density at radius 2 is 1.31 bits per heavy atom. The Kier molecular flexibility index (Phi) is 33.4. The molecule has 0 spiro atoms. The van der Waals surface area contributed by atoms with Crippen molar-refractivity contribution >= 4 is 66.2 Å². The third-order valence-electron chi connectivity index (χ3n) is 5.55. The molecule has 260 valence electrons. The second-order valence-corrected chi connectivity index (χ2v) is 10.8. The number of halogens is 4. The second kappa shape index (κ2) is 33.1. The molecule has 11 nitrogen and oxygen atoms in total. The third-order valence-corrected chi connectivity index (χ3v) is 7.14. The van der Waals surface area contributed by atoms with E-state index in [-0.39, 0.29) is 135 Å². The standard InChI is InChI=1S/C16H12BrNO3.C9H9BrO2.C7H4BrNO.CH3F.CH2O3.2K.H/c1-20-16(19)14-5-3-2-4-11(14)10-21-15-7-6-13(17)8-12(15)9-18;1-12-9(11)8-5-3-2-4-7(8)6-10;8-6-1-2-7(10)5(3-6)4-9;1-2;2-1-4-3;;;/h2-8H,10H2,1H3;2-5H,6H2,1H3;1-3,10H;1H3;1,3H;;;/q;;;;;2*+1;-1/p-1/i;;;1D;;;;. The van der Waals surface area contributed by atoms with Crippen molar-refractivity contribution in [3.63, 3.8) is 0 Å². The Morgan fingerprint density at radius 1 is 0.882 bits per heavy atom. The Hall–Kier alpha value is -1.53. The normalized spacial score (nSPS) is 8.76. The Morgan fingerprint density at radius 3 is 1.75 bits per heavy atom. The summed E-state index contributed by atoms with van der Waals surface area (Å²) in [6, 6.07) is 28.2. The van der Waals surface area contributed by atoms with E-state index in [1.165, 1.54) is 20.3 Å². The average molecular weight is 949 g/mol. The molecule has 0 aliphatic heterocycles. The van der Waals surface area contributed by atoms with Crippen LogP contribution < -0.4 is 113 Å². The monoisotopic (exact) mass is 945 g/mol. The van der Waals surface area contributed by atoms with Crippen molar-refractivity contribution in [2.75, 3.05) is 21.4 Å². The average Bonchev–Trinajstić information content (AvgIpc) is 3.15. The van der Waals surface area contributed by atoms with Crippen molar-refractivity contribution in [2.45, 2.75) is 11.9 Å². The van der Waals surface area contributed by atoms with Gasteiger partial charge in [0.05, 0.1) is 45.0 Å². The zero-order chi connectivity index (χ0) is 37.9. The number of rotatable bonds is 7. The molecule has 4 aromatic carbocycles. The number of ether oxygens (including phenoxy) is 3. The molecule has 17 heteroatoms. The molecular weight excluding hydrogens is 917 g/mol. The summed E-state index contributed by atoms with van der Waals surface area (Å²) in [5, 5.41) is 35.6. The number of benzene rings is 4. The van der Waals surface area contributed by atoms with Gasteiger partial charge in [-0.3, -0.25) is 9.18 Å². The summed E-state index contributed by atoms with van der Waals surface area (Å²) in [4.78, 5) is 34.1. The number of carbonyl (C=O) groups excluding carboxylic acids is 3. The van der Waals surface area contributed by atoms with E-state index in [9.17, 15) is 14.0 Å². The van der Waals surface area contributed by atoms with Gasteiger partial charge in [-0.2, -0.15) is 10.5 Å². The molecule has 0 aliphatic carbocycles. The minimum atomic E-state index is -1.00. The second-order valence-electron chi connectivity index (χ2n) is 8.44. The van der Waals surface area contributed by atoms with E-state index >= 15 is 0 Å². The fourth-order valence-corrected chi connectivity index (χ4v) is 4.58. The molecule has 4 aromatic rings. The van der Waals surface area contributed by atoms with Gasteiger partial charge in [0.15, 0.2) is 0 Å². The summed E-state index contributed by atoms with van der Waals surface area (Å²) in [5.74, 6) is -0.207. The molecule has 0 fully saturated rings. The van der Waals surface area contributed by atoms with Crippen molar-refractivity contribution in [1.29, 1.82) is 10.5 Å². The Bertz CT molecular complexity index is 1770. The van der Waals surface area contributed by atoms with Crippen molar-refractivity contribution in [2.24, 2.45) is 0 Å². The first-order chi connectivity index (χ1) is 24.0. The van der Waals surface area contributed by atoms with E-state index in [0.717, 1.165) is 14.5 Å². The van der Waals surface area contributed by atoms with E-state index in [2.05, 4.69) is 63.5 Å². The van der Waals surface area contributed by atoms with Crippen LogP contribution in [-0.4, -0.2) is 44.9 Å². The van der Waals surface area contributed by atoms with Crippen molar-refractivity contribution in [1.82, 2.24) is 0 Å². The number of methoxy groups -OCH3 is 2. The zero-order valence-corrected chi connectivity index (χ0v) is 38.9. The summed E-state index contributed by atoms with van der Waals surface area (Å²) in [5.41, 5.74) is 3.45. The number of hydrogen-bond donors (Lipinski definition) is 1.